The highest BCUT2D eigenvalue weighted by atomic mass is 32.1. The molecule has 1 amide bonds. The fourth-order valence-electron chi connectivity index (χ4n) is 1.82. The summed E-state index contributed by atoms with van der Waals surface area (Å²) in [7, 11) is 0. The Labute approximate surface area is 128 Å². The maximum absolute atomic E-state index is 13.1. The molecule has 0 spiro atoms. The fourth-order valence-corrected chi connectivity index (χ4v) is 2.52. The van der Waals surface area contributed by atoms with E-state index in [1.807, 2.05) is 6.07 Å². The summed E-state index contributed by atoms with van der Waals surface area (Å²) in [6.45, 7) is 0. The van der Waals surface area contributed by atoms with E-state index in [0.717, 1.165) is 12.1 Å². The lowest BCUT2D eigenvalue weighted by Crippen LogP contribution is -2.12. The van der Waals surface area contributed by atoms with E-state index in [4.69, 9.17) is 0 Å². The minimum atomic E-state index is -0.807. The Morgan fingerprint density at radius 2 is 1.86 bits per heavy atom. The number of carbonyl (C=O) groups is 1. The van der Waals surface area contributed by atoms with Gasteiger partial charge in [-0.05, 0) is 24.3 Å². The lowest BCUT2D eigenvalue weighted by atomic mass is 10.2. The van der Waals surface area contributed by atoms with Gasteiger partial charge in [0.2, 0.25) is 0 Å². The number of anilines is 1. The number of aromatic nitrogens is 2. The van der Waals surface area contributed by atoms with Crippen molar-refractivity contribution in [3.63, 3.8) is 0 Å². The number of amides is 1. The number of thiazole rings is 1. The van der Waals surface area contributed by atoms with Gasteiger partial charge in [-0.15, -0.1) is 11.3 Å². The molecule has 0 radical (unpaired) electrons. The highest BCUT2D eigenvalue weighted by Gasteiger charge is 2.12. The molecule has 2 aromatic heterocycles. The highest BCUT2D eigenvalue weighted by molar-refractivity contribution is 7.14. The molecule has 3 aromatic rings. The second-order valence-electron chi connectivity index (χ2n) is 4.37. The summed E-state index contributed by atoms with van der Waals surface area (Å²) in [5.74, 6) is -2.24. The molecule has 7 heteroatoms. The maximum atomic E-state index is 13.1. The first-order valence-corrected chi connectivity index (χ1v) is 7.14. The van der Waals surface area contributed by atoms with Gasteiger partial charge in [-0.2, -0.15) is 0 Å². The molecule has 0 fully saturated rings. The van der Waals surface area contributed by atoms with Gasteiger partial charge in [-0.1, -0.05) is 6.07 Å². The second-order valence-corrected chi connectivity index (χ2v) is 5.22. The van der Waals surface area contributed by atoms with Crippen molar-refractivity contribution < 1.29 is 13.6 Å². The molecule has 0 atom stereocenters. The van der Waals surface area contributed by atoms with E-state index in [0.29, 0.717) is 22.6 Å². The molecule has 110 valence electrons. The Hall–Kier alpha value is -2.67. The predicted octanol–water partition coefficient (Wildman–Crippen LogP) is 3.74. The molecule has 3 rings (SSSR count). The van der Waals surface area contributed by atoms with Crippen molar-refractivity contribution >= 4 is 22.4 Å². The van der Waals surface area contributed by atoms with Crippen LogP contribution in [-0.2, 0) is 0 Å². The molecule has 1 aromatic carbocycles. The molecule has 0 saturated heterocycles. The van der Waals surface area contributed by atoms with E-state index in [2.05, 4.69) is 15.3 Å². The first-order valence-electron chi connectivity index (χ1n) is 6.26. The van der Waals surface area contributed by atoms with Crippen LogP contribution < -0.4 is 5.32 Å². The van der Waals surface area contributed by atoms with E-state index < -0.39 is 17.5 Å². The normalized spacial score (nSPS) is 10.5. The number of carbonyl (C=O) groups excluding carboxylic acids is 1. The van der Waals surface area contributed by atoms with Gasteiger partial charge in [0.1, 0.15) is 17.3 Å². The molecule has 0 aliphatic rings. The molecule has 0 aliphatic heterocycles. The number of hydrogen-bond donors (Lipinski definition) is 1. The SMILES string of the molecule is O=C(Nc1nc(-c2ccccn2)cs1)c1cc(F)cc(F)c1. The van der Waals surface area contributed by atoms with E-state index >= 15 is 0 Å². The van der Waals surface area contributed by atoms with Gasteiger partial charge < -0.3 is 0 Å². The Kier molecular flexibility index (Phi) is 3.88. The number of nitrogens with one attached hydrogen (secondary N) is 1. The zero-order chi connectivity index (χ0) is 15.5. The van der Waals surface area contributed by atoms with Crippen LogP contribution in [-0.4, -0.2) is 15.9 Å². The molecule has 22 heavy (non-hydrogen) atoms. The number of nitrogens with zero attached hydrogens (tertiary/aromatic N) is 2. The van der Waals surface area contributed by atoms with Crippen LogP contribution in [0, 0.1) is 11.6 Å². The standard InChI is InChI=1S/C15H9F2N3OS/c16-10-5-9(6-11(17)7-10)14(21)20-15-19-13(8-22-15)12-3-1-2-4-18-12/h1-8H,(H,19,20,21). The molecule has 0 saturated carbocycles. The second kappa shape index (κ2) is 5.98. The quantitative estimate of drug-likeness (QED) is 0.800. The third kappa shape index (κ3) is 3.15. The Balaban J connectivity index is 1.79. The van der Waals surface area contributed by atoms with Crippen molar-refractivity contribution in [2.24, 2.45) is 0 Å². The monoisotopic (exact) mass is 317 g/mol. The predicted molar refractivity (Wildman–Crippen MR) is 79.7 cm³/mol. The van der Waals surface area contributed by atoms with Gasteiger partial charge in [-0.3, -0.25) is 15.1 Å². The summed E-state index contributed by atoms with van der Waals surface area (Å²) < 4.78 is 26.2. The van der Waals surface area contributed by atoms with Crippen molar-refractivity contribution in [1.29, 1.82) is 0 Å². The summed E-state index contributed by atoms with van der Waals surface area (Å²) in [6, 6.07) is 8.05. The first-order chi connectivity index (χ1) is 10.6. The van der Waals surface area contributed by atoms with Gasteiger partial charge in [0.15, 0.2) is 5.13 Å². The summed E-state index contributed by atoms with van der Waals surface area (Å²) in [4.78, 5) is 20.4. The molecular formula is C15H9F2N3OS. The lowest BCUT2D eigenvalue weighted by Gasteiger charge is -2.02. The number of benzene rings is 1. The van der Waals surface area contributed by atoms with Gasteiger partial charge in [-0.25, -0.2) is 13.8 Å². The van der Waals surface area contributed by atoms with Gasteiger partial charge >= 0.3 is 0 Å². The number of rotatable bonds is 3. The maximum Gasteiger partial charge on any atom is 0.257 e. The number of pyridine rings is 1. The Bertz CT molecular complexity index is 800. The van der Waals surface area contributed by atoms with Crippen molar-refractivity contribution in [3.05, 3.63) is 65.2 Å². The summed E-state index contributed by atoms with van der Waals surface area (Å²) in [5.41, 5.74) is 1.19. The van der Waals surface area contributed by atoms with Crippen LogP contribution >= 0.6 is 11.3 Å². The largest absolute Gasteiger partial charge is 0.298 e. The zero-order valence-electron chi connectivity index (χ0n) is 11.1. The van der Waals surface area contributed by atoms with Crippen molar-refractivity contribution in [3.8, 4) is 11.4 Å². The number of halogens is 2. The lowest BCUT2D eigenvalue weighted by molar-refractivity contribution is 0.102. The van der Waals surface area contributed by atoms with Crippen LogP contribution in [0.2, 0.25) is 0 Å². The van der Waals surface area contributed by atoms with Crippen LogP contribution in [0.3, 0.4) is 0 Å². The first kappa shape index (κ1) is 14.3. The van der Waals surface area contributed by atoms with Gasteiger partial charge in [0, 0.05) is 23.2 Å². The van der Waals surface area contributed by atoms with Crippen LogP contribution in [0.4, 0.5) is 13.9 Å². The molecule has 0 bridgehead atoms. The van der Waals surface area contributed by atoms with Gasteiger partial charge in [0.05, 0.1) is 5.69 Å². The van der Waals surface area contributed by atoms with E-state index in [9.17, 15) is 13.6 Å². The van der Waals surface area contributed by atoms with Crippen molar-refractivity contribution in [2.75, 3.05) is 5.32 Å². The molecule has 0 unspecified atom stereocenters. The number of hydrogen-bond acceptors (Lipinski definition) is 4. The third-order valence-electron chi connectivity index (χ3n) is 2.78. The summed E-state index contributed by atoms with van der Waals surface area (Å²) >= 11 is 1.21. The van der Waals surface area contributed by atoms with Crippen LogP contribution in [0.5, 0.6) is 0 Å². The molecular weight excluding hydrogens is 308 g/mol. The minimum Gasteiger partial charge on any atom is -0.298 e. The smallest absolute Gasteiger partial charge is 0.257 e. The topological polar surface area (TPSA) is 54.9 Å². The van der Waals surface area contributed by atoms with E-state index in [1.54, 1.807) is 23.7 Å². The van der Waals surface area contributed by atoms with E-state index in [1.165, 1.54) is 11.3 Å². The van der Waals surface area contributed by atoms with Crippen LogP contribution in [0.25, 0.3) is 11.4 Å². The van der Waals surface area contributed by atoms with Crippen molar-refractivity contribution in [1.82, 2.24) is 9.97 Å². The minimum absolute atomic E-state index is 0.105. The Morgan fingerprint density at radius 1 is 1.09 bits per heavy atom. The third-order valence-corrected chi connectivity index (χ3v) is 3.53. The molecule has 2 heterocycles. The average Bonchev–Trinajstić information content (AvgIpc) is 2.95. The average molecular weight is 317 g/mol. The highest BCUT2D eigenvalue weighted by Crippen LogP contribution is 2.23. The molecule has 0 aliphatic carbocycles. The van der Waals surface area contributed by atoms with Crippen molar-refractivity contribution in [2.45, 2.75) is 0 Å². The fraction of sp³-hybridized carbons (Fsp3) is 0. The molecule has 1 N–H and O–H groups in total. The van der Waals surface area contributed by atoms with E-state index in [-0.39, 0.29) is 5.56 Å². The van der Waals surface area contributed by atoms with Crippen LogP contribution in [0.1, 0.15) is 10.4 Å². The van der Waals surface area contributed by atoms with Gasteiger partial charge in [0.25, 0.3) is 5.91 Å². The zero-order valence-corrected chi connectivity index (χ0v) is 11.9. The Morgan fingerprint density at radius 3 is 2.55 bits per heavy atom. The summed E-state index contributed by atoms with van der Waals surface area (Å²) in [5, 5.41) is 4.58. The molecule has 4 nitrogen and oxygen atoms in total. The van der Waals surface area contributed by atoms with Crippen LogP contribution in [0.15, 0.2) is 48.0 Å². The summed E-state index contributed by atoms with van der Waals surface area (Å²) in [6.07, 6.45) is 1.64.